The molecule has 7 heteroatoms. The van der Waals surface area contributed by atoms with Gasteiger partial charge >= 0.3 is 0 Å². The molecular formula is C19H30FN3O2S. The van der Waals surface area contributed by atoms with Crippen LogP contribution in [0.25, 0.3) is 0 Å². The van der Waals surface area contributed by atoms with E-state index in [4.69, 9.17) is 9.47 Å². The maximum atomic E-state index is 13.4. The number of ether oxygens (including phenoxy) is 2. The van der Waals surface area contributed by atoms with Crippen molar-refractivity contribution in [2.45, 2.75) is 37.7 Å². The maximum absolute atomic E-state index is 13.4. The Morgan fingerprint density at radius 3 is 3.00 bits per heavy atom. The molecule has 2 N–H and O–H groups in total. The second-order valence-corrected chi connectivity index (χ2v) is 7.13. The fourth-order valence-electron chi connectivity index (χ4n) is 2.83. The van der Waals surface area contributed by atoms with Crippen molar-refractivity contribution in [3.8, 4) is 0 Å². The van der Waals surface area contributed by atoms with Gasteiger partial charge in [0.05, 0.1) is 12.7 Å². The van der Waals surface area contributed by atoms with E-state index in [1.807, 2.05) is 12.3 Å². The van der Waals surface area contributed by atoms with Crippen LogP contribution in [0.3, 0.4) is 0 Å². The summed E-state index contributed by atoms with van der Waals surface area (Å²) in [7, 11) is 1.75. The van der Waals surface area contributed by atoms with E-state index in [2.05, 4.69) is 15.6 Å². The molecule has 0 amide bonds. The quantitative estimate of drug-likeness (QED) is 0.370. The fourth-order valence-corrected chi connectivity index (χ4v) is 3.41. The standard InChI is InChI=1S/C19H30FN3O2S/c1-21-19(22-8-4-9-24-13-18-5-3-10-25-18)23-12-15-6-7-17(20)11-16(15)14-26-2/h6-7,11,18H,3-5,8-10,12-14H2,1-2H3,(H2,21,22,23). The number of guanidine groups is 1. The molecule has 1 aromatic carbocycles. The Morgan fingerprint density at radius 2 is 2.27 bits per heavy atom. The van der Waals surface area contributed by atoms with Crippen LogP contribution >= 0.6 is 11.8 Å². The zero-order valence-electron chi connectivity index (χ0n) is 15.7. The van der Waals surface area contributed by atoms with Gasteiger partial charge in [0.1, 0.15) is 5.82 Å². The molecule has 26 heavy (non-hydrogen) atoms. The summed E-state index contributed by atoms with van der Waals surface area (Å²) in [5, 5.41) is 6.57. The van der Waals surface area contributed by atoms with Crippen LogP contribution in [0.5, 0.6) is 0 Å². The molecule has 1 fully saturated rings. The van der Waals surface area contributed by atoms with Gasteiger partial charge < -0.3 is 20.1 Å². The Labute approximate surface area is 160 Å². The smallest absolute Gasteiger partial charge is 0.191 e. The average Bonchev–Trinajstić information content (AvgIpc) is 3.15. The number of halogens is 1. The number of hydrogen-bond acceptors (Lipinski definition) is 4. The third-order valence-corrected chi connectivity index (χ3v) is 4.82. The van der Waals surface area contributed by atoms with E-state index in [0.29, 0.717) is 19.8 Å². The third-order valence-electron chi connectivity index (χ3n) is 4.22. The number of benzene rings is 1. The summed E-state index contributed by atoms with van der Waals surface area (Å²) in [4.78, 5) is 4.23. The van der Waals surface area contributed by atoms with Gasteiger partial charge in [-0.1, -0.05) is 6.07 Å². The first-order valence-electron chi connectivity index (χ1n) is 9.13. The van der Waals surface area contributed by atoms with Crippen molar-refractivity contribution in [3.05, 3.63) is 35.1 Å². The number of nitrogens with one attached hydrogen (secondary N) is 2. The van der Waals surface area contributed by atoms with E-state index in [-0.39, 0.29) is 11.9 Å². The number of thioether (sulfide) groups is 1. The molecule has 5 nitrogen and oxygen atoms in total. The molecule has 0 aliphatic carbocycles. The van der Waals surface area contributed by atoms with Crippen LogP contribution in [0.15, 0.2) is 23.2 Å². The first-order valence-corrected chi connectivity index (χ1v) is 10.5. The van der Waals surface area contributed by atoms with E-state index in [1.165, 1.54) is 6.07 Å². The Kier molecular flexibility index (Phi) is 9.81. The summed E-state index contributed by atoms with van der Waals surface area (Å²) in [5.74, 6) is 1.34. The summed E-state index contributed by atoms with van der Waals surface area (Å²) in [6, 6.07) is 4.94. The molecule has 0 radical (unpaired) electrons. The first-order chi connectivity index (χ1) is 12.7. The predicted molar refractivity (Wildman–Crippen MR) is 106 cm³/mol. The van der Waals surface area contributed by atoms with Gasteiger partial charge in [0.2, 0.25) is 0 Å². The summed E-state index contributed by atoms with van der Waals surface area (Å²) < 4.78 is 24.6. The van der Waals surface area contributed by atoms with Crippen LogP contribution in [0.4, 0.5) is 4.39 Å². The molecule has 0 spiro atoms. The van der Waals surface area contributed by atoms with Crippen molar-refractivity contribution in [3.63, 3.8) is 0 Å². The summed E-state index contributed by atoms with van der Waals surface area (Å²) in [6.45, 7) is 3.66. The minimum Gasteiger partial charge on any atom is -0.379 e. The van der Waals surface area contributed by atoms with Gasteiger partial charge in [0, 0.05) is 39.1 Å². The highest BCUT2D eigenvalue weighted by molar-refractivity contribution is 7.97. The van der Waals surface area contributed by atoms with Gasteiger partial charge in [0.15, 0.2) is 5.96 Å². The summed E-state index contributed by atoms with van der Waals surface area (Å²) in [5.41, 5.74) is 2.10. The lowest BCUT2D eigenvalue weighted by molar-refractivity contribution is 0.0168. The van der Waals surface area contributed by atoms with Crippen molar-refractivity contribution < 1.29 is 13.9 Å². The van der Waals surface area contributed by atoms with E-state index in [0.717, 1.165) is 55.3 Å². The Hall–Kier alpha value is -1.31. The van der Waals surface area contributed by atoms with Gasteiger partial charge in [-0.3, -0.25) is 4.99 Å². The average molecular weight is 384 g/mol. The lowest BCUT2D eigenvalue weighted by Gasteiger charge is -2.14. The third kappa shape index (κ3) is 7.51. The molecule has 0 saturated carbocycles. The van der Waals surface area contributed by atoms with Crippen LogP contribution in [0.2, 0.25) is 0 Å². The van der Waals surface area contributed by atoms with Crippen molar-refractivity contribution in [1.82, 2.24) is 10.6 Å². The van der Waals surface area contributed by atoms with E-state index < -0.39 is 0 Å². The largest absolute Gasteiger partial charge is 0.379 e. The van der Waals surface area contributed by atoms with Crippen LogP contribution < -0.4 is 10.6 Å². The lowest BCUT2D eigenvalue weighted by atomic mass is 10.1. The molecule has 1 saturated heterocycles. The van der Waals surface area contributed by atoms with Gasteiger partial charge in [-0.05, 0) is 48.8 Å². The highest BCUT2D eigenvalue weighted by Gasteiger charge is 2.14. The second kappa shape index (κ2) is 12.1. The molecule has 146 valence electrons. The Morgan fingerprint density at radius 1 is 1.38 bits per heavy atom. The minimum absolute atomic E-state index is 0.191. The van der Waals surface area contributed by atoms with Crippen molar-refractivity contribution in [2.24, 2.45) is 4.99 Å². The van der Waals surface area contributed by atoms with Gasteiger partial charge in [-0.2, -0.15) is 11.8 Å². The van der Waals surface area contributed by atoms with Gasteiger partial charge in [-0.15, -0.1) is 0 Å². The van der Waals surface area contributed by atoms with Crippen LogP contribution in [-0.2, 0) is 21.8 Å². The number of nitrogens with zero attached hydrogens (tertiary/aromatic N) is 1. The summed E-state index contributed by atoms with van der Waals surface area (Å²) in [6.07, 6.45) is 5.45. The first kappa shape index (κ1) is 21.0. The zero-order valence-corrected chi connectivity index (χ0v) is 16.5. The summed E-state index contributed by atoms with van der Waals surface area (Å²) >= 11 is 1.68. The van der Waals surface area contributed by atoms with Gasteiger partial charge in [-0.25, -0.2) is 4.39 Å². The lowest BCUT2D eigenvalue weighted by Crippen LogP contribution is -2.37. The molecule has 2 rings (SSSR count). The second-order valence-electron chi connectivity index (χ2n) is 6.26. The molecule has 0 bridgehead atoms. The molecular weight excluding hydrogens is 353 g/mol. The highest BCUT2D eigenvalue weighted by Crippen LogP contribution is 2.16. The van der Waals surface area contributed by atoms with Crippen molar-refractivity contribution >= 4 is 17.7 Å². The molecule has 1 aliphatic rings. The molecule has 1 aromatic rings. The van der Waals surface area contributed by atoms with Crippen LogP contribution in [0, 0.1) is 5.82 Å². The fraction of sp³-hybridized carbons (Fsp3) is 0.632. The van der Waals surface area contributed by atoms with Crippen molar-refractivity contribution in [1.29, 1.82) is 0 Å². The van der Waals surface area contributed by atoms with E-state index in [9.17, 15) is 4.39 Å². The Bertz CT molecular complexity index is 566. The topological polar surface area (TPSA) is 54.9 Å². The molecule has 1 unspecified atom stereocenters. The van der Waals surface area contributed by atoms with Crippen LogP contribution in [-0.4, -0.2) is 51.7 Å². The minimum atomic E-state index is -0.191. The van der Waals surface area contributed by atoms with E-state index in [1.54, 1.807) is 24.9 Å². The molecule has 1 atom stereocenters. The zero-order chi connectivity index (χ0) is 18.6. The molecule has 1 heterocycles. The number of aliphatic imine (C=N–C) groups is 1. The predicted octanol–water partition coefficient (Wildman–Crippen LogP) is 2.94. The van der Waals surface area contributed by atoms with Crippen molar-refractivity contribution in [2.75, 3.05) is 39.7 Å². The Balaban J connectivity index is 1.64. The maximum Gasteiger partial charge on any atom is 0.191 e. The SMILES string of the molecule is CN=C(NCCCOCC1CCCO1)NCc1ccc(F)cc1CSC. The number of rotatable bonds is 10. The monoisotopic (exact) mass is 383 g/mol. The molecule has 1 aliphatic heterocycles. The van der Waals surface area contributed by atoms with Crippen LogP contribution in [0.1, 0.15) is 30.4 Å². The van der Waals surface area contributed by atoms with Gasteiger partial charge in [0.25, 0.3) is 0 Å². The highest BCUT2D eigenvalue weighted by atomic mass is 32.2. The normalized spacial score (nSPS) is 17.5. The van der Waals surface area contributed by atoms with E-state index >= 15 is 0 Å². The number of hydrogen-bond donors (Lipinski definition) is 2. The molecule has 0 aromatic heterocycles.